The van der Waals surface area contributed by atoms with E-state index in [1.54, 1.807) is 0 Å². The third kappa shape index (κ3) is 3.15. The van der Waals surface area contributed by atoms with Crippen LogP contribution in [0.2, 0.25) is 0 Å². The Bertz CT molecular complexity index is 469. The van der Waals surface area contributed by atoms with Crippen molar-refractivity contribution in [2.24, 2.45) is 5.92 Å². The molecule has 20 heavy (non-hydrogen) atoms. The lowest BCUT2D eigenvalue weighted by molar-refractivity contribution is -0.207. The zero-order valence-corrected chi connectivity index (χ0v) is 11.7. The molecule has 1 aliphatic heterocycles. The van der Waals surface area contributed by atoms with Crippen LogP contribution in [0.15, 0.2) is 6.07 Å². The largest absolute Gasteiger partial charge is 0.348 e. The first-order valence-corrected chi connectivity index (χ1v) is 6.91. The summed E-state index contributed by atoms with van der Waals surface area (Å²) in [5, 5.41) is 0. The van der Waals surface area contributed by atoms with Gasteiger partial charge < -0.3 is 9.47 Å². The first-order chi connectivity index (χ1) is 9.54. The van der Waals surface area contributed by atoms with Crippen LogP contribution >= 0.6 is 0 Å². The van der Waals surface area contributed by atoms with Crippen LogP contribution in [0, 0.1) is 30.3 Å². The first kappa shape index (κ1) is 15.3. The minimum Gasteiger partial charge on any atom is -0.348 e. The van der Waals surface area contributed by atoms with Crippen LogP contribution in [0.5, 0.6) is 0 Å². The summed E-state index contributed by atoms with van der Waals surface area (Å²) in [7, 11) is 0. The molecule has 0 aromatic heterocycles. The Morgan fingerprint density at radius 3 is 2.40 bits per heavy atom. The second kappa shape index (κ2) is 6.59. The SMILES string of the molecule is CCCC[C@H]1CO[C@H](c2cc(F)c(C)c(F)c2F)OC1. The summed E-state index contributed by atoms with van der Waals surface area (Å²) in [6.45, 7) is 4.13. The summed E-state index contributed by atoms with van der Waals surface area (Å²) in [6.07, 6.45) is 2.10. The van der Waals surface area contributed by atoms with Gasteiger partial charge in [-0.15, -0.1) is 0 Å². The van der Waals surface area contributed by atoms with Gasteiger partial charge in [-0.05, 0) is 19.4 Å². The minimum atomic E-state index is -1.18. The Hall–Kier alpha value is -1.07. The lowest BCUT2D eigenvalue weighted by Crippen LogP contribution is -2.28. The van der Waals surface area contributed by atoms with Crippen molar-refractivity contribution in [1.82, 2.24) is 0 Å². The van der Waals surface area contributed by atoms with Crippen LogP contribution in [0.4, 0.5) is 13.2 Å². The highest BCUT2D eigenvalue weighted by molar-refractivity contribution is 5.28. The van der Waals surface area contributed by atoms with Crippen LogP contribution in [0.3, 0.4) is 0 Å². The molecule has 112 valence electrons. The van der Waals surface area contributed by atoms with E-state index >= 15 is 0 Å². The van der Waals surface area contributed by atoms with Crippen LogP contribution < -0.4 is 0 Å². The predicted molar refractivity (Wildman–Crippen MR) is 68.7 cm³/mol. The topological polar surface area (TPSA) is 18.5 Å². The van der Waals surface area contributed by atoms with E-state index in [-0.39, 0.29) is 17.0 Å². The number of rotatable bonds is 4. The maximum atomic E-state index is 13.8. The fraction of sp³-hybridized carbons (Fsp3) is 0.600. The van der Waals surface area contributed by atoms with E-state index in [1.807, 2.05) is 0 Å². The molecule has 1 aromatic rings. The molecule has 0 amide bonds. The minimum absolute atomic E-state index is 0.209. The molecule has 2 nitrogen and oxygen atoms in total. The third-order valence-corrected chi connectivity index (χ3v) is 3.60. The summed E-state index contributed by atoms with van der Waals surface area (Å²) in [5.41, 5.74) is -0.539. The monoisotopic (exact) mass is 288 g/mol. The van der Waals surface area contributed by atoms with Crippen molar-refractivity contribution in [3.8, 4) is 0 Å². The van der Waals surface area contributed by atoms with E-state index in [0.29, 0.717) is 13.2 Å². The number of halogens is 3. The maximum Gasteiger partial charge on any atom is 0.186 e. The van der Waals surface area contributed by atoms with Crippen molar-refractivity contribution >= 4 is 0 Å². The highest BCUT2D eigenvalue weighted by Gasteiger charge is 2.28. The van der Waals surface area contributed by atoms with Gasteiger partial charge in [0.2, 0.25) is 0 Å². The Kier molecular flexibility index (Phi) is 5.05. The smallest absolute Gasteiger partial charge is 0.186 e. The molecule has 0 radical (unpaired) electrons. The highest BCUT2D eigenvalue weighted by Crippen LogP contribution is 2.31. The normalized spacial score (nSPS) is 23.1. The van der Waals surface area contributed by atoms with Crippen molar-refractivity contribution in [3.05, 3.63) is 34.6 Å². The summed E-state index contributed by atoms with van der Waals surface area (Å²) in [5.74, 6) is -2.81. The van der Waals surface area contributed by atoms with E-state index in [0.717, 1.165) is 25.3 Å². The van der Waals surface area contributed by atoms with E-state index < -0.39 is 23.7 Å². The van der Waals surface area contributed by atoms with E-state index in [9.17, 15) is 13.2 Å². The summed E-state index contributed by atoms with van der Waals surface area (Å²) >= 11 is 0. The van der Waals surface area contributed by atoms with Gasteiger partial charge in [0.05, 0.1) is 13.2 Å². The van der Waals surface area contributed by atoms with E-state index in [2.05, 4.69) is 6.92 Å². The van der Waals surface area contributed by atoms with Gasteiger partial charge in [-0.1, -0.05) is 19.8 Å². The van der Waals surface area contributed by atoms with Crippen LogP contribution in [-0.4, -0.2) is 13.2 Å². The number of unbranched alkanes of at least 4 members (excludes halogenated alkanes) is 1. The number of hydrogen-bond donors (Lipinski definition) is 0. The van der Waals surface area contributed by atoms with E-state index in [4.69, 9.17) is 9.47 Å². The standard InChI is InChI=1S/C15H19F3O2/c1-3-4-5-10-7-19-15(20-8-10)11-6-12(16)9(2)13(17)14(11)18/h6,10,15H,3-5,7-8H2,1-2H3/t10-,15-. The molecule has 1 fully saturated rings. The Labute approximate surface area is 116 Å². The Morgan fingerprint density at radius 2 is 1.80 bits per heavy atom. The summed E-state index contributed by atoms with van der Waals surface area (Å²) < 4.78 is 51.7. The molecule has 0 atom stereocenters. The Balaban J connectivity index is 2.07. The molecule has 0 aliphatic carbocycles. The van der Waals surface area contributed by atoms with Gasteiger partial charge in [0, 0.05) is 17.0 Å². The predicted octanol–water partition coefficient (Wildman–Crippen LogP) is 4.26. The lowest BCUT2D eigenvalue weighted by Gasteiger charge is -2.30. The zero-order valence-electron chi connectivity index (χ0n) is 11.7. The molecular formula is C15H19F3O2. The lowest BCUT2D eigenvalue weighted by atomic mass is 10.0. The highest BCUT2D eigenvalue weighted by atomic mass is 19.2. The number of ether oxygens (including phenoxy) is 2. The molecule has 0 saturated carbocycles. The summed E-state index contributed by atoms with van der Waals surface area (Å²) in [6, 6.07) is 0.949. The summed E-state index contributed by atoms with van der Waals surface area (Å²) in [4.78, 5) is 0. The molecule has 5 heteroatoms. The van der Waals surface area contributed by atoms with Crippen molar-refractivity contribution in [3.63, 3.8) is 0 Å². The van der Waals surface area contributed by atoms with Crippen molar-refractivity contribution in [2.75, 3.05) is 13.2 Å². The fourth-order valence-corrected chi connectivity index (χ4v) is 2.26. The van der Waals surface area contributed by atoms with Gasteiger partial charge in [-0.25, -0.2) is 13.2 Å². The molecule has 1 aromatic carbocycles. The average molecular weight is 288 g/mol. The molecule has 0 unspecified atom stereocenters. The maximum absolute atomic E-state index is 13.8. The quantitative estimate of drug-likeness (QED) is 0.771. The van der Waals surface area contributed by atoms with Gasteiger partial charge in [0.25, 0.3) is 0 Å². The first-order valence-electron chi connectivity index (χ1n) is 6.91. The molecule has 1 heterocycles. The van der Waals surface area contributed by atoms with Gasteiger partial charge in [0.1, 0.15) is 5.82 Å². The van der Waals surface area contributed by atoms with Crippen LogP contribution in [0.25, 0.3) is 0 Å². The second-order valence-electron chi connectivity index (χ2n) is 5.21. The molecule has 0 N–H and O–H groups in total. The van der Waals surface area contributed by atoms with Gasteiger partial charge in [-0.3, -0.25) is 0 Å². The second-order valence-corrected chi connectivity index (χ2v) is 5.21. The number of benzene rings is 1. The van der Waals surface area contributed by atoms with Crippen molar-refractivity contribution in [1.29, 1.82) is 0 Å². The van der Waals surface area contributed by atoms with Crippen molar-refractivity contribution in [2.45, 2.75) is 39.4 Å². The molecular weight excluding hydrogens is 269 g/mol. The van der Waals surface area contributed by atoms with Gasteiger partial charge >= 0.3 is 0 Å². The van der Waals surface area contributed by atoms with E-state index in [1.165, 1.54) is 6.92 Å². The van der Waals surface area contributed by atoms with Gasteiger partial charge in [0.15, 0.2) is 17.9 Å². The number of hydrogen-bond acceptors (Lipinski definition) is 2. The van der Waals surface area contributed by atoms with Crippen molar-refractivity contribution < 1.29 is 22.6 Å². The molecule has 2 rings (SSSR count). The van der Waals surface area contributed by atoms with Gasteiger partial charge in [-0.2, -0.15) is 0 Å². The molecule has 1 aliphatic rings. The zero-order chi connectivity index (χ0) is 14.7. The third-order valence-electron chi connectivity index (χ3n) is 3.60. The average Bonchev–Trinajstić information content (AvgIpc) is 2.47. The molecule has 0 bridgehead atoms. The van der Waals surface area contributed by atoms with Crippen LogP contribution in [-0.2, 0) is 9.47 Å². The van der Waals surface area contributed by atoms with Crippen LogP contribution in [0.1, 0.15) is 43.6 Å². The Morgan fingerprint density at radius 1 is 1.15 bits per heavy atom. The molecule has 1 saturated heterocycles. The fourth-order valence-electron chi connectivity index (χ4n) is 2.26. The molecule has 0 spiro atoms.